The van der Waals surface area contributed by atoms with Gasteiger partial charge in [-0.15, -0.1) is 0 Å². The summed E-state index contributed by atoms with van der Waals surface area (Å²) in [6, 6.07) is 10.4. The molecule has 0 aliphatic rings. The first-order valence-corrected chi connectivity index (χ1v) is 13.3. The molecule has 0 aliphatic carbocycles. The first-order valence-electron chi connectivity index (χ1n) is 11.1. The Bertz CT molecular complexity index is 1630. The van der Waals surface area contributed by atoms with Gasteiger partial charge in [-0.2, -0.15) is 0 Å². The van der Waals surface area contributed by atoms with Crippen molar-refractivity contribution >= 4 is 61.5 Å². The summed E-state index contributed by atoms with van der Waals surface area (Å²) in [6.45, 7) is 2.90. The SMILES string of the molecule is CNc1ncc2cc(-c3cccc(NS(=O)(=O)c4cc(Cl)cc(C(C)(C)O)c4Cl)c3F)c(NC)cc2n1. The number of nitrogens with zero attached hydrogens (tertiary/aromatic N) is 2. The minimum Gasteiger partial charge on any atom is -0.388 e. The van der Waals surface area contributed by atoms with Gasteiger partial charge in [0.2, 0.25) is 5.95 Å². The molecule has 3 aromatic carbocycles. The third-order valence-corrected chi connectivity index (χ3v) is 7.83. The second-order valence-corrected chi connectivity index (χ2v) is 11.2. The molecule has 0 amide bonds. The minimum atomic E-state index is -4.39. The van der Waals surface area contributed by atoms with Crippen LogP contribution in [0, 0.1) is 5.82 Å². The predicted octanol–water partition coefficient (Wildman–Crippen LogP) is 5.85. The lowest BCUT2D eigenvalue weighted by atomic mass is 9.98. The second-order valence-electron chi connectivity index (χ2n) is 8.75. The highest BCUT2D eigenvalue weighted by Crippen LogP contribution is 2.38. The van der Waals surface area contributed by atoms with Crippen LogP contribution in [0.1, 0.15) is 19.4 Å². The van der Waals surface area contributed by atoms with Gasteiger partial charge in [-0.25, -0.2) is 22.8 Å². The van der Waals surface area contributed by atoms with E-state index in [2.05, 4.69) is 25.3 Å². The van der Waals surface area contributed by atoms with E-state index >= 15 is 4.39 Å². The van der Waals surface area contributed by atoms with Crippen LogP contribution >= 0.6 is 23.2 Å². The second kappa shape index (κ2) is 9.94. The molecule has 1 aromatic heterocycles. The van der Waals surface area contributed by atoms with Crippen LogP contribution in [0.15, 0.2) is 53.6 Å². The summed E-state index contributed by atoms with van der Waals surface area (Å²) in [6.07, 6.45) is 1.61. The van der Waals surface area contributed by atoms with Gasteiger partial charge in [0.15, 0.2) is 5.82 Å². The summed E-state index contributed by atoms with van der Waals surface area (Å²) in [4.78, 5) is 8.23. The van der Waals surface area contributed by atoms with E-state index in [4.69, 9.17) is 23.2 Å². The Morgan fingerprint density at radius 2 is 1.73 bits per heavy atom. The first kappa shape index (κ1) is 26.9. The number of rotatable bonds is 7. The molecule has 4 rings (SSSR count). The molecule has 4 N–H and O–H groups in total. The van der Waals surface area contributed by atoms with E-state index in [0.29, 0.717) is 28.1 Å². The number of anilines is 3. The lowest BCUT2D eigenvalue weighted by molar-refractivity contribution is 0.0785. The molecular formula is C25H24Cl2FN5O3S. The van der Waals surface area contributed by atoms with E-state index in [9.17, 15) is 13.5 Å². The summed E-state index contributed by atoms with van der Waals surface area (Å²) in [5, 5.41) is 16.8. The van der Waals surface area contributed by atoms with E-state index in [-0.39, 0.29) is 31.8 Å². The number of nitrogens with one attached hydrogen (secondary N) is 3. The number of fused-ring (bicyclic) bond motifs is 1. The molecule has 1 heterocycles. The summed E-state index contributed by atoms with van der Waals surface area (Å²) in [5.74, 6) is -0.354. The molecule has 0 saturated carbocycles. The molecule has 194 valence electrons. The molecule has 0 aliphatic heterocycles. The van der Waals surface area contributed by atoms with Crippen molar-refractivity contribution in [3.8, 4) is 11.1 Å². The summed E-state index contributed by atoms with van der Waals surface area (Å²) in [5.41, 5.74) is 0.229. The number of hydrogen-bond acceptors (Lipinski definition) is 7. The van der Waals surface area contributed by atoms with Crippen molar-refractivity contribution in [2.75, 3.05) is 29.5 Å². The Hall–Kier alpha value is -3.18. The minimum absolute atomic E-state index is 0.0506. The highest BCUT2D eigenvalue weighted by Gasteiger charge is 2.28. The zero-order valence-corrected chi connectivity index (χ0v) is 22.6. The number of halogens is 3. The van der Waals surface area contributed by atoms with Crippen LogP contribution in [0.2, 0.25) is 10.0 Å². The number of sulfonamides is 1. The fraction of sp³-hybridized carbons (Fsp3) is 0.200. The maximum absolute atomic E-state index is 15.8. The standard InChI is InChI=1S/C25H24Cl2FN5O3S/c1-25(2,34)17-9-14(26)10-21(22(17)27)37(35,36)33-18-7-5-6-15(23(18)28)16-8-13-12-31-24(30-4)32-19(13)11-20(16)29-3/h5-12,29,33-34H,1-4H3,(H,30,31,32). The van der Waals surface area contributed by atoms with Crippen molar-refractivity contribution < 1.29 is 17.9 Å². The quantitative estimate of drug-likeness (QED) is 0.222. The van der Waals surface area contributed by atoms with Gasteiger partial charge in [-0.1, -0.05) is 35.3 Å². The summed E-state index contributed by atoms with van der Waals surface area (Å²) >= 11 is 12.5. The molecular weight excluding hydrogens is 540 g/mol. The van der Waals surface area contributed by atoms with Crippen LogP contribution in [0.25, 0.3) is 22.0 Å². The van der Waals surface area contributed by atoms with Crippen LogP contribution in [-0.4, -0.2) is 37.6 Å². The third-order valence-electron chi connectivity index (χ3n) is 5.70. The van der Waals surface area contributed by atoms with Crippen molar-refractivity contribution in [1.82, 2.24) is 9.97 Å². The Labute approximate surface area is 223 Å². The fourth-order valence-electron chi connectivity index (χ4n) is 3.85. The summed E-state index contributed by atoms with van der Waals surface area (Å²) in [7, 11) is -0.991. The number of hydrogen-bond donors (Lipinski definition) is 4. The van der Waals surface area contributed by atoms with Gasteiger partial charge >= 0.3 is 0 Å². The molecule has 0 atom stereocenters. The number of benzene rings is 3. The lowest BCUT2D eigenvalue weighted by Crippen LogP contribution is -2.20. The highest BCUT2D eigenvalue weighted by molar-refractivity contribution is 7.92. The zero-order chi connectivity index (χ0) is 27.1. The number of aromatic nitrogens is 2. The van der Waals surface area contributed by atoms with Crippen LogP contribution in [0.3, 0.4) is 0 Å². The third kappa shape index (κ3) is 5.28. The smallest absolute Gasteiger partial charge is 0.263 e. The molecule has 12 heteroatoms. The van der Waals surface area contributed by atoms with Crippen molar-refractivity contribution in [3.63, 3.8) is 0 Å². The molecule has 0 fully saturated rings. The maximum Gasteiger partial charge on any atom is 0.263 e. The number of aliphatic hydroxyl groups is 1. The average Bonchev–Trinajstić information content (AvgIpc) is 2.84. The van der Waals surface area contributed by atoms with Crippen molar-refractivity contribution in [2.24, 2.45) is 0 Å². The van der Waals surface area contributed by atoms with Gasteiger partial charge < -0.3 is 15.7 Å². The highest BCUT2D eigenvalue weighted by atomic mass is 35.5. The molecule has 8 nitrogen and oxygen atoms in total. The van der Waals surface area contributed by atoms with Crippen molar-refractivity contribution in [1.29, 1.82) is 0 Å². The molecule has 0 unspecified atom stereocenters. The monoisotopic (exact) mass is 563 g/mol. The van der Waals surface area contributed by atoms with Crippen LogP contribution in [-0.2, 0) is 15.6 Å². The topological polar surface area (TPSA) is 116 Å². The molecule has 0 saturated heterocycles. The van der Waals surface area contributed by atoms with Gasteiger partial charge in [0.1, 0.15) is 4.90 Å². The van der Waals surface area contributed by atoms with E-state index < -0.39 is 21.4 Å². The van der Waals surface area contributed by atoms with E-state index in [1.807, 2.05) is 0 Å². The zero-order valence-electron chi connectivity index (χ0n) is 20.3. The van der Waals surface area contributed by atoms with Crippen molar-refractivity contribution in [2.45, 2.75) is 24.3 Å². The molecule has 0 spiro atoms. The predicted molar refractivity (Wildman–Crippen MR) is 147 cm³/mol. The van der Waals surface area contributed by atoms with E-state index in [1.165, 1.54) is 38.1 Å². The average molecular weight is 564 g/mol. The Kier molecular flexibility index (Phi) is 7.22. The van der Waals surface area contributed by atoms with E-state index in [0.717, 1.165) is 6.07 Å². The van der Waals surface area contributed by atoms with Crippen LogP contribution < -0.4 is 15.4 Å². The van der Waals surface area contributed by atoms with Crippen LogP contribution in [0.5, 0.6) is 0 Å². The lowest BCUT2D eigenvalue weighted by Gasteiger charge is -2.22. The van der Waals surface area contributed by atoms with Crippen molar-refractivity contribution in [3.05, 3.63) is 70.1 Å². The van der Waals surface area contributed by atoms with Crippen LogP contribution in [0.4, 0.5) is 21.7 Å². The van der Waals surface area contributed by atoms with Gasteiger partial charge in [0.25, 0.3) is 10.0 Å². The Morgan fingerprint density at radius 1 is 1.00 bits per heavy atom. The van der Waals surface area contributed by atoms with Gasteiger partial charge in [0.05, 0.1) is 21.8 Å². The Morgan fingerprint density at radius 3 is 2.38 bits per heavy atom. The first-order chi connectivity index (χ1) is 17.4. The largest absolute Gasteiger partial charge is 0.388 e. The Balaban J connectivity index is 1.81. The van der Waals surface area contributed by atoms with Gasteiger partial charge in [-0.3, -0.25) is 4.72 Å². The molecule has 0 bridgehead atoms. The molecule has 4 aromatic rings. The molecule has 0 radical (unpaired) electrons. The molecule has 37 heavy (non-hydrogen) atoms. The normalized spacial score (nSPS) is 12.0. The van der Waals surface area contributed by atoms with Gasteiger partial charge in [0, 0.05) is 53.1 Å². The van der Waals surface area contributed by atoms with Gasteiger partial charge in [-0.05, 0) is 44.2 Å². The van der Waals surface area contributed by atoms with E-state index in [1.54, 1.807) is 32.4 Å². The maximum atomic E-state index is 15.8. The summed E-state index contributed by atoms with van der Waals surface area (Å²) < 4.78 is 44.6. The fourth-order valence-corrected chi connectivity index (χ4v) is 5.97.